The van der Waals surface area contributed by atoms with Gasteiger partial charge in [-0.3, -0.25) is 0 Å². The van der Waals surface area contributed by atoms with E-state index in [-0.39, 0.29) is 11.8 Å². The fourth-order valence-corrected chi connectivity index (χ4v) is 6.53. The lowest BCUT2D eigenvalue weighted by atomic mass is 9.84. The van der Waals surface area contributed by atoms with Crippen LogP contribution < -0.4 is 9.47 Å². The lowest BCUT2D eigenvalue weighted by molar-refractivity contribution is -0.165. The van der Waals surface area contributed by atoms with Crippen molar-refractivity contribution < 1.29 is 22.0 Å². The largest absolute Gasteiger partial charge is 0.449 e. The van der Waals surface area contributed by atoms with Crippen LogP contribution in [-0.4, -0.2) is 15.8 Å². The summed E-state index contributed by atoms with van der Waals surface area (Å²) in [4.78, 5) is 0. The van der Waals surface area contributed by atoms with Crippen molar-refractivity contribution in [2.45, 2.75) is 117 Å². The topological polar surface area (TPSA) is 54.0 Å². The smallest absolute Gasteiger partial charge is 0.313 e. The van der Waals surface area contributed by atoms with Gasteiger partial charge in [0.15, 0.2) is 0 Å². The maximum Gasteiger partial charge on any atom is 0.313 e. The molecule has 238 valence electrons. The molecule has 44 heavy (non-hydrogen) atoms. The first kappa shape index (κ1) is 34.1. The van der Waals surface area contributed by atoms with Crippen molar-refractivity contribution in [1.82, 2.24) is 0 Å². The molecule has 0 radical (unpaired) electrons. The van der Waals surface area contributed by atoms with Gasteiger partial charge in [0.2, 0.25) is 0 Å². The van der Waals surface area contributed by atoms with Crippen molar-refractivity contribution in [3.63, 3.8) is 0 Å². The second-order valence-corrected chi connectivity index (χ2v) is 14.9. The Kier molecular flexibility index (Phi) is 11.6. The van der Waals surface area contributed by atoms with E-state index in [1.165, 1.54) is 12.8 Å². The van der Waals surface area contributed by atoms with E-state index < -0.39 is 33.8 Å². The highest BCUT2D eigenvalue weighted by atomic mass is 32.2. The highest BCUT2D eigenvalue weighted by Gasteiger charge is 2.52. The molecule has 2 atom stereocenters. The molecule has 2 unspecified atom stereocenters. The van der Waals surface area contributed by atoms with Gasteiger partial charge in [0.1, 0.15) is 11.5 Å². The predicted molar refractivity (Wildman–Crippen MR) is 178 cm³/mol. The number of hydrogen-bond donors (Lipinski definition) is 0. The minimum atomic E-state index is -2.37. The van der Waals surface area contributed by atoms with Crippen LogP contribution in [0.15, 0.2) is 60.7 Å². The van der Waals surface area contributed by atoms with E-state index in [2.05, 4.69) is 23.7 Å². The van der Waals surface area contributed by atoms with Crippen molar-refractivity contribution in [3.8, 4) is 35.2 Å². The molecule has 2 aromatic rings. The van der Waals surface area contributed by atoms with Gasteiger partial charge in [0, 0.05) is 22.7 Å². The highest BCUT2D eigenvalue weighted by molar-refractivity contribution is 7.75. The molecule has 0 aromatic heterocycles. The third-order valence-electron chi connectivity index (χ3n) is 8.45. The molecule has 0 spiro atoms. The minimum Gasteiger partial charge on any atom is -0.449 e. The lowest BCUT2D eigenvalue weighted by Gasteiger charge is -2.41. The third kappa shape index (κ3) is 9.13. The molecule has 0 bridgehead atoms. The van der Waals surface area contributed by atoms with Gasteiger partial charge in [-0.2, -0.15) is 4.21 Å². The highest BCUT2D eigenvalue weighted by Crippen LogP contribution is 2.41. The van der Waals surface area contributed by atoms with Crippen LogP contribution in [0.2, 0.25) is 0 Å². The number of hydrogen-bond acceptors (Lipinski definition) is 5. The van der Waals surface area contributed by atoms with E-state index in [1.54, 1.807) is 0 Å². The zero-order valence-corrected chi connectivity index (χ0v) is 28.3. The number of ether oxygens (including phenoxy) is 2. The van der Waals surface area contributed by atoms with E-state index in [0.29, 0.717) is 11.5 Å². The van der Waals surface area contributed by atoms with Crippen molar-refractivity contribution in [2.24, 2.45) is 22.7 Å². The number of rotatable bonds is 8. The molecule has 2 aliphatic carbocycles. The molecule has 0 saturated heterocycles. The summed E-state index contributed by atoms with van der Waals surface area (Å²) >= 11 is -2.37. The van der Waals surface area contributed by atoms with Crippen molar-refractivity contribution in [2.75, 3.05) is 0 Å². The molecule has 2 aliphatic rings. The monoisotopic (exact) mass is 618 g/mol. The normalized spacial score (nSPS) is 20.0. The van der Waals surface area contributed by atoms with Crippen LogP contribution in [0.5, 0.6) is 11.5 Å². The van der Waals surface area contributed by atoms with Gasteiger partial charge in [-0.1, -0.05) is 128 Å². The summed E-state index contributed by atoms with van der Waals surface area (Å²) in [5.41, 5.74) is -1.41. The summed E-state index contributed by atoms with van der Waals surface area (Å²) in [6.07, 6.45) is 11.2. The first-order chi connectivity index (χ1) is 20.9. The molecule has 5 nitrogen and oxygen atoms in total. The fraction of sp³-hybridized carbons (Fsp3) is 0.579. The summed E-state index contributed by atoms with van der Waals surface area (Å²) in [5, 5.41) is 0. The van der Waals surface area contributed by atoms with Crippen LogP contribution in [-0.2, 0) is 19.7 Å². The Balaban J connectivity index is 1.74. The summed E-state index contributed by atoms with van der Waals surface area (Å²) in [5.74, 6) is 12.0. The Hall–Kier alpha value is -2.77. The fourth-order valence-electron chi connectivity index (χ4n) is 5.46. The number of para-hydroxylation sites is 2. The SMILES string of the molecule is CC(C)(C)C(C#CC1CCCCC1)(Oc1ccccc1)OS(=O)OC(C#CC1CCCCC1)(Oc1ccccc1)C(C)(C)C. The molecule has 6 heteroatoms. The molecule has 0 aliphatic heterocycles. The van der Waals surface area contributed by atoms with E-state index in [9.17, 15) is 4.21 Å². The molecule has 4 rings (SSSR count). The molecule has 2 saturated carbocycles. The molecule has 2 aromatic carbocycles. The third-order valence-corrected chi connectivity index (χ3v) is 9.19. The Labute approximate surface area is 268 Å². The zero-order valence-electron chi connectivity index (χ0n) is 27.4. The Morgan fingerprint density at radius 3 is 1.23 bits per heavy atom. The molecule has 0 amide bonds. The Morgan fingerprint density at radius 1 is 0.568 bits per heavy atom. The average molecular weight is 619 g/mol. The standard InChI is InChI=1S/C38H50O5S/c1-35(2,3)37(40-33-23-15-9-16-24-33,29-27-31-19-11-7-12-20-31)42-44(39)43-38(36(4,5)6,41-34-25-17-10-18-26-34)30-28-32-21-13-8-14-22-32/h9-10,15-18,23-26,31-32H,7-8,11-14,19-22H2,1-6H3. The second kappa shape index (κ2) is 15.0. The zero-order chi connectivity index (χ0) is 31.7. The lowest BCUT2D eigenvalue weighted by Crippen LogP contribution is -2.54. The van der Waals surface area contributed by atoms with Gasteiger partial charge in [0.05, 0.1) is 0 Å². The summed E-state index contributed by atoms with van der Waals surface area (Å²) in [6.45, 7) is 11.9. The summed E-state index contributed by atoms with van der Waals surface area (Å²) in [7, 11) is 0. The minimum absolute atomic E-state index is 0.235. The van der Waals surface area contributed by atoms with Crippen molar-refractivity contribution >= 4 is 11.4 Å². The van der Waals surface area contributed by atoms with E-state index in [1.807, 2.05) is 102 Å². The molecule has 2 fully saturated rings. The van der Waals surface area contributed by atoms with Crippen molar-refractivity contribution in [1.29, 1.82) is 0 Å². The average Bonchev–Trinajstić information content (AvgIpc) is 2.99. The molecule has 0 heterocycles. The van der Waals surface area contributed by atoms with Gasteiger partial charge in [-0.05, 0) is 61.8 Å². The molecule has 0 N–H and O–H groups in total. The second-order valence-electron chi connectivity index (χ2n) is 14.1. The van der Waals surface area contributed by atoms with Gasteiger partial charge < -0.3 is 9.47 Å². The summed E-state index contributed by atoms with van der Waals surface area (Å²) in [6, 6.07) is 18.8. The first-order valence-electron chi connectivity index (χ1n) is 16.3. The van der Waals surface area contributed by atoms with Crippen LogP contribution in [0.1, 0.15) is 106 Å². The first-order valence-corrected chi connectivity index (χ1v) is 17.3. The van der Waals surface area contributed by atoms with Crippen LogP contribution in [0.25, 0.3) is 0 Å². The Bertz CT molecular complexity index is 1220. The van der Waals surface area contributed by atoms with E-state index in [0.717, 1.165) is 51.4 Å². The Morgan fingerprint density at radius 2 is 0.909 bits per heavy atom. The molecular weight excluding hydrogens is 568 g/mol. The summed E-state index contributed by atoms with van der Waals surface area (Å²) < 4.78 is 40.1. The van der Waals surface area contributed by atoms with Crippen LogP contribution in [0, 0.1) is 46.3 Å². The van der Waals surface area contributed by atoms with Gasteiger partial charge in [-0.25, -0.2) is 8.37 Å². The van der Waals surface area contributed by atoms with Crippen LogP contribution in [0.3, 0.4) is 0 Å². The molecular formula is C38H50O5S. The van der Waals surface area contributed by atoms with E-state index >= 15 is 0 Å². The maximum atomic E-state index is 14.2. The van der Waals surface area contributed by atoms with Crippen LogP contribution in [0.4, 0.5) is 0 Å². The van der Waals surface area contributed by atoms with E-state index in [4.69, 9.17) is 17.8 Å². The van der Waals surface area contributed by atoms with Crippen LogP contribution >= 0.6 is 0 Å². The van der Waals surface area contributed by atoms with Gasteiger partial charge >= 0.3 is 11.4 Å². The predicted octanol–water partition coefficient (Wildman–Crippen LogP) is 9.41. The quantitative estimate of drug-likeness (QED) is 0.218. The van der Waals surface area contributed by atoms with Gasteiger partial charge in [-0.15, -0.1) is 0 Å². The van der Waals surface area contributed by atoms with Gasteiger partial charge in [0.25, 0.3) is 11.6 Å². The van der Waals surface area contributed by atoms with Crippen molar-refractivity contribution in [3.05, 3.63) is 60.7 Å². The number of benzene rings is 2. The maximum absolute atomic E-state index is 14.2.